The van der Waals surface area contributed by atoms with Gasteiger partial charge < -0.3 is 4.90 Å². The molecule has 7 heteroatoms. The Morgan fingerprint density at radius 1 is 1.23 bits per heavy atom. The average Bonchev–Trinajstić information content (AvgIpc) is 2.64. The first-order valence-corrected chi connectivity index (χ1v) is 9.60. The summed E-state index contributed by atoms with van der Waals surface area (Å²) in [5.74, 6) is -0.604. The van der Waals surface area contributed by atoms with Gasteiger partial charge in [0.1, 0.15) is 5.82 Å². The quantitative estimate of drug-likeness (QED) is 0.721. The molecule has 0 aliphatic heterocycles. The second-order valence-electron chi connectivity index (χ2n) is 5.61. The van der Waals surface area contributed by atoms with Gasteiger partial charge in [-0.15, -0.1) is 6.58 Å². The molecule has 0 aromatic heterocycles. The van der Waals surface area contributed by atoms with Gasteiger partial charge in [-0.25, -0.2) is 17.5 Å². The van der Waals surface area contributed by atoms with Gasteiger partial charge >= 0.3 is 0 Å². The van der Waals surface area contributed by atoms with Crippen LogP contribution in [0.25, 0.3) is 0 Å². The molecule has 0 heterocycles. The number of benzene rings is 2. The third-order valence-electron chi connectivity index (χ3n) is 3.76. The highest BCUT2D eigenvalue weighted by Gasteiger charge is 2.17. The van der Waals surface area contributed by atoms with Gasteiger partial charge in [0.2, 0.25) is 10.0 Å². The zero-order chi connectivity index (χ0) is 19.2. The van der Waals surface area contributed by atoms with Crippen LogP contribution in [0.15, 0.2) is 66.1 Å². The average molecular weight is 376 g/mol. The largest absolute Gasteiger partial charge is 0.335 e. The summed E-state index contributed by atoms with van der Waals surface area (Å²) >= 11 is 0. The lowest BCUT2D eigenvalue weighted by Gasteiger charge is -2.21. The molecule has 0 fully saturated rings. The highest BCUT2D eigenvalue weighted by Crippen LogP contribution is 2.14. The predicted molar refractivity (Wildman–Crippen MR) is 98.6 cm³/mol. The number of sulfonamides is 1. The van der Waals surface area contributed by atoms with Gasteiger partial charge in [0, 0.05) is 25.2 Å². The minimum Gasteiger partial charge on any atom is -0.335 e. The van der Waals surface area contributed by atoms with Crippen LogP contribution < -0.4 is 4.72 Å². The van der Waals surface area contributed by atoms with Crippen LogP contribution in [0.2, 0.25) is 0 Å². The number of carbonyl (C=O) groups is 1. The first-order chi connectivity index (χ1) is 12.4. The molecule has 2 aromatic carbocycles. The summed E-state index contributed by atoms with van der Waals surface area (Å²) in [5, 5.41) is 0. The molecule has 0 bridgehead atoms. The molecule has 2 aromatic rings. The molecule has 0 radical (unpaired) electrons. The summed E-state index contributed by atoms with van der Waals surface area (Å²) in [7, 11) is -3.63. The highest BCUT2D eigenvalue weighted by atomic mass is 32.2. The molecule has 0 saturated heterocycles. The Labute approximate surface area is 153 Å². The molecule has 0 aliphatic carbocycles. The van der Waals surface area contributed by atoms with Gasteiger partial charge in [-0.2, -0.15) is 0 Å². The van der Waals surface area contributed by atoms with E-state index in [1.807, 2.05) is 6.92 Å². The Kier molecular flexibility index (Phi) is 6.65. The fraction of sp³-hybridized carbons (Fsp3) is 0.211. The fourth-order valence-corrected chi connectivity index (χ4v) is 3.39. The van der Waals surface area contributed by atoms with Crippen LogP contribution in [0.3, 0.4) is 0 Å². The number of hydrogen-bond donors (Lipinski definition) is 1. The third kappa shape index (κ3) is 5.00. The van der Waals surface area contributed by atoms with Gasteiger partial charge in [0.25, 0.3) is 5.91 Å². The Balaban J connectivity index is 2.16. The molecule has 0 aliphatic rings. The molecular weight excluding hydrogens is 355 g/mol. The number of rotatable bonds is 8. The predicted octanol–water partition coefficient (Wildman–Crippen LogP) is 2.95. The summed E-state index contributed by atoms with van der Waals surface area (Å²) < 4.78 is 39.8. The Morgan fingerprint density at radius 2 is 1.92 bits per heavy atom. The molecule has 0 saturated carbocycles. The smallest absolute Gasteiger partial charge is 0.254 e. The lowest BCUT2D eigenvalue weighted by molar-refractivity contribution is 0.0752. The van der Waals surface area contributed by atoms with Crippen molar-refractivity contribution in [1.82, 2.24) is 9.62 Å². The topological polar surface area (TPSA) is 66.5 Å². The van der Waals surface area contributed by atoms with Crippen molar-refractivity contribution in [3.8, 4) is 0 Å². The molecule has 5 nitrogen and oxygen atoms in total. The van der Waals surface area contributed by atoms with E-state index in [0.29, 0.717) is 17.7 Å². The van der Waals surface area contributed by atoms with Crippen molar-refractivity contribution in [2.45, 2.75) is 18.4 Å². The van der Waals surface area contributed by atoms with Crippen LogP contribution in [0.1, 0.15) is 22.8 Å². The SMILES string of the molecule is C=CCNS(=O)(=O)c1ccc(C(=O)N(CC)Cc2cccc(F)c2)cc1. The summed E-state index contributed by atoms with van der Waals surface area (Å²) in [6.45, 7) is 6.13. The van der Waals surface area contributed by atoms with Crippen LogP contribution in [0, 0.1) is 5.82 Å². The van der Waals surface area contributed by atoms with Crippen molar-refractivity contribution in [1.29, 1.82) is 0 Å². The second kappa shape index (κ2) is 8.73. The fourth-order valence-electron chi connectivity index (χ4n) is 2.39. The minimum atomic E-state index is -3.63. The highest BCUT2D eigenvalue weighted by molar-refractivity contribution is 7.89. The van der Waals surface area contributed by atoms with Gasteiger partial charge in [-0.05, 0) is 48.9 Å². The van der Waals surface area contributed by atoms with Crippen molar-refractivity contribution in [3.63, 3.8) is 0 Å². The maximum absolute atomic E-state index is 13.3. The van der Waals surface area contributed by atoms with Gasteiger partial charge in [-0.1, -0.05) is 18.2 Å². The van der Waals surface area contributed by atoms with Crippen LogP contribution >= 0.6 is 0 Å². The van der Waals surface area contributed by atoms with E-state index in [2.05, 4.69) is 11.3 Å². The standard InChI is InChI=1S/C19H21FN2O3S/c1-3-12-21-26(24,25)18-10-8-16(9-11-18)19(23)22(4-2)14-15-6-5-7-17(20)13-15/h3,5-11,13,21H,1,4,12,14H2,2H3. The van der Waals surface area contributed by atoms with E-state index in [-0.39, 0.29) is 29.7 Å². The number of halogens is 1. The molecule has 2 rings (SSSR count). The maximum Gasteiger partial charge on any atom is 0.254 e. The van der Waals surface area contributed by atoms with Gasteiger partial charge in [-0.3, -0.25) is 4.79 Å². The van der Waals surface area contributed by atoms with Gasteiger partial charge in [0.15, 0.2) is 0 Å². The van der Waals surface area contributed by atoms with E-state index < -0.39 is 10.0 Å². The summed E-state index contributed by atoms with van der Waals surface area (Å²) in [6.07, 6.45) is 1.45. The number of amides is 1. The lowest BCUT2D eigenvalue weighted by atomic mass is 10.1. The number of carbonyl (C=O) groups excluding carboxylic acids is 1. The van der Waals surface area contributed by atoms with Crippen LogP contribution in [0.5, 0.6) is 0 Å². The zero-order valence-corrected chi connectivity index (χ0v) is 15.3. The van der Waals surface area contributed by atoms with Crippen LogP contribution in [-0.2, 0) is 16.6 Å². The van der Waals surface area contributed by atoms with Crippen molar-refractivity contribution in [2.75, 3.05) is 13.1 Å². The lowest BCUT2D eigenvalue weighted by Crippen LogP contribution is -2.30. The van der Waals surface area contributed by atoms with Gasteiger partial charge in [0.05, 0.1) is 4.90 Å². The third-order valence-corrected chi connectivity index (χ3v) is 5.20. The molecular formula is C19H21FN2O3S. The summed E-state index contributed by atoms with van der Waals surface area (Å²) in [5.41, 5.74) is 1.05. The Bertz CT molecular complexity index is 880. The molecule has 0 spiro atoms. The van der Waals surface area contributed by atoms with E-state index in [0.717, 1.165) is 0 Å². The van der Waals surface area contributed by atoms with E-state index in [9.17, 15) is 17.6 Å². The molecule has 0 atom stereocenters. The van der Waals surface area contributed by atoms with Crippen LogP contribution in [0.4, 0.5) is 4.39 Å². The Morgan fingerprint density at radius 3 is 2.50 bits per heavy atom. The van der Waals surface area contributed by atoms with Crippen molar-refractivity contribution in [2.24, 2.45) is 0 Å². The molecule has 1 N–H and O–H groups in total. The number of hydrogen-bond acceptors (Lipinski definition) is 3. The first kappa shape index (κ1) is 19.8. The monoisotopic (exact) mass is 376 g/mol. The van der Waals surface area contributed by atoms with E-state index in [1.165, 1.54) is 42.5 Å². The van der Waals surface area contributed by atoms with Crippen molar-refractivity contribution in [3.05, 3.63) is 78.1 Å². The second-order valence-corrected chi connectivity index (χ2v) is 7.38. The van der Waals surface area contributed by atoms with E-state index >= 15 is 0 Å². The Hall–Kier alpha value is -2.51. The molecule has 1 amide bonds. The van der Waals surface area contributed by atoms with E-state index in [1.54, 1.807) is 17.0 Å². The molecule has 0 unspecified atom stereocenters. The molecule has 138 valence electrons. The maximum atomic E-state index is 13.3. The minimum absolute atomic E-state index is 0.0732. The zero-order valence-electron chi connectivity index (χ0n) is 14.5. The first-order valence-electron chi connectivity index (χ1n) is 8.11. The number of nitrogens with one attached hydrogen (secondary N) is 1. The summed E-state index contributed by atoms with van der Waals surface area (Å²) in [4.78, 5) is 14.3. The molecule has 26 heavy (non-hydrogen) atoms. The number of nitrogens with zero attached hydrogens (tertiary/aromatic N) is 1. The van der Waals surface area contributed by atoms with Crippen LogP contribution in [-0.4, -0.2) is 32.3 Å². The van der Waals surface area contributed by atoms with E-state index in [4.69, 9.17) is 0 Å². The van der Waals surface area contributed by atoms with Crippen molar-refractivity contribution >= 4 is 15.9 Å². The normalized spacial score (nSPS) is 11.2. The van der Waals surface area contributed by atoms with Crippen molar-refractivity contribution < 1.29 is 17.6 Å². The summed E-state index contributed by atoms with van der Waals surface area (Å²) in [6, 6.07) is 11.8.